The van der Waals surface area contributed by atoms with Crippen LogP contribution in [-0.4, -0.2) is 25.2 Å². The first kappa shape index (κ1) is 14.5. The number of hydrogen-bond acceptors (Lipinski definition) is 6. The zero-order chi connectivity index (χ0) is 14.4. The number of carbonyl (C=O) groups excluding carboxylic acids is 1. The van der Waals surface area contributed by atoms with E-state index in [4.69, 9.17) is 14.6 Å². The maximum Gasteiger partial charge on any atom is 0.281 e. The summed E-state index contributed by atoms with van der Waals surface area (Å²) in [6.45, 7) is 1.20. The van der Waals surface area contributed by atoms with Gasteiger partial charge in [0.05, 0.1) is 19.9 Å². The highest BCUT2D eigenvalue weighted by Crippen LogP contribution is 2.29. The van der Waals surface area contributed by atoms with E-state index in [0.717, 1.165) is 0 Å². The molecular weight excluding hydrogens is 252 g/mol. The van der Waals surface area contributed by atoms with E-state index >= 15 is 0 Å². The third-order valence-corrected chi connectivity index (χ3v) is 2.31. The molecule has 0 unspecified atom stereocenters. The number of aliphatic hydroxyl groups is 1. The van der Waals surface area contributed by atoms with E-state index in [2.05, 4.69) is 10.5 Å². The topological polar surface area (TPSA) is 97.2 Å². The van der Waals surface area contributed by atoms with Gasteiger partial charge in [-0.2, -0.15) is 0 Å². The summed E-state index contributed by atoms with van der Waals surface area (Å²) in [5, 5.41) is 14.0. The van der Waals surface area contributed by atoms with Crippen molar-refractivity contribution < 1.29 is 19.4 Å². The zero-order valence-corrected chi connectivity index (χ0v) is 10.8. The molecule has 1 aromatic carbocycles. The molecule has 1 aromatic rings. The van der Waals surface area contributed by atoms with Crippen molar-refractivity contribution in [2.24, 2.45) is 5.18 Å². The van der Waals surface area contributed by atoms with Gasteiger partial charge in [0.2, 0.25) is 5.70 Å². The molecule has 7 nitrogen and oxygen atoms in total. The van der Waals surface area contributed by atoms with Gasteiger partial charge in [0, 0.05) is 6.07 Å². The summed E-state index contributed by atoms with van der Waals surface area (Å²) in [6.07, 6.45) is 0. The van der Waals surface area contributed by atoms with Crippen molar-refractivity contribution in [1.29, 1.82) is 0 Å². The largest absolute Gasteiger partial charge is 0.510 e. The Hall–Kier alpha value is -2.57. The maximum absolute atomic E-state index is 11.7. The van der Waals surface area contributed by atoms with Crippen LogP contribution in [0, 0.1) is 4.91 Å². The molecule has 2 N–H and O–H groups in total. The number of amides is 1. The number of nitrogens with zero attached hydrogens (tertiary/aromatic N) is 1. The Morgan fingerprint density at radius 2 is 2.00 bits per heavy atom. The van der Waals surface area contributed by atoms with E-state index in [1.165, 1.54) is 21.1 Å². The first-order chi connectivity index (χ1) is 9.03. The van der Waals surface area contributed by atoms with E-state index in [0.29, 0.717) is 17.2 Å². The summed E-state index contributed by atoms with van der Waals surface area (Å²) < 4.78 is 10.1. The van der Waals surface area contributed by atoms with E-state index in [1.807, 2.05) is 0 Å². The number of nitroso groups, excluding NO2 is 1. The van der Waals surface area contributed by atoms with Crippen LogP contribution in [0.2, 0.25) is 0 Å². The molecule has 0 aromatic heterocycles. The number of anilines is 1. The van der Waals surface area contributed by atoms with Gasteiger partial charge in [-0.1, -0.05) is 0 Å². The lowest BCUT2D eigenvalue weighted by Crippen LogP contribution is -2.15. The number of methoxy groups -OCH3 is 2. The Morgan fingerprint density at radius 3 is 2.47 bits per heavy atom. The second-order valence-corrected chi connectivity index (χ2v) is 3.55. The van der Waals surface area contributed by atoms with E-state index < -0.39 is 17.4 Å². The fourth-order valence-electron chi connectivity index (χ4n) is 1.36. The van der Waals surface area contributed by atoms with Gasteiger partial charge in [-0.3, -0.25) is 4.79 Å². The van der Waals surface area contributed by atoms with Crippen molar-refractivity contribution in [2.75, 3.05) is 19.5 Å². The average Bonchev–Trinajstić information content (AvgIpc) is 2.39. The van der Waals surface area contributed by atoms with Gasteiger partial charge >= 0.3 is 0 Å². The molecule has 0 aliphatic rings. The predicted octanol–water partition coefficient (Wildman–Crippen LogP) is 2.20. The smallest absolute Gasteiger partial charge is 0.281 e. The van der Waals surface area contributed by atoms with Gasteiger partial charge in [-0.15, -0.1) is 4.91 Å². The third kappa shape index (κ3) is 3.44. The van der Waals surface area contributed by atoms with E-state index in [1.54, 1.807) is 18.2 Å². The second-order valence-electron chi connectivity index (χ2n) is 3.55. The number of benzene rings is 1. The third-order valence-electron chi connectivity index (χ3n) is 2.31. The van der Waals surface area contributed by atoms with Crippen molar-refractivity contribution in [3.8, 4) is 11.5 Å². The molecule has 0 saturated carbocycles. The van der Waals surface area contributed by atoms with Gasteiger partial charge in [-0.25, -0.2) is 0 Å². The number of ether oxygens (including phenoxy) is 2. The van der Waals surface area contributed by atoms with Crippen LogP contribution in [0.5, 0.6) is 11.5 Å². The van der Waals surface area contributed by atoms with Gasteiger partial charge in [0.25, 0.3) is 5.91 Å². The normalized spacial score (nSPS) is 11.3. The fraction of sp³-hybridized carbons (Fsp3) is 0.250. The fourth-order valence-corrected chi connectivity index (χ4v) is 1.36. The molecule has 0 saturated heterocycles. The number of rotatable bonds is 5. The van der Waals surface area contributed by atoms with Crippen LogP contribution in [0.3, 0.4) is 0 Å². The van der Waals surface area contributed by atoms with E-state index in [-0.39, 0.29) is 0 Å². The van der Waals surface area contributed by atoms with Crippen molar-refractivity contribution in [1.82, 2.24) is 0 Å². The Kier molecular flexibility index (Phi) is 4.87. The molecule has 0 aliphatic carbocycles. The molecule has 0 bridgehead atoms. The molecule has 19 heavy (non-hydrogen) atoms. The van der Waals surface area contributed by atoms with Crippen LogP contribution in [0.25, 0.3) is 0 Å². The number of carbonyl (C=O) groups is 1. The second kappa shape index (κ2) is 6.39. The first-order valence-corrected chi connectivity index (χ1v) is 5.30. The SMILES string of the molecule is COc1ccc(NC(=O)C(N=O)=C(C)O)c(OC)c1. The molecule has 0 spiro atoms. The average molecular weight is 266 g/mol. The quantitative estimate of drug-likeness (QED) is 0.483. The first-order valence-electron chi connectivity index (χ1n) is 5.30. The van der Waals surface area contributed by atoms with Crippen LogP contribution in [-0.2, 0) is 4.79 Å². The summed E-state index contributed by atoms with van der Waals surface area (Å²) in [5.41, 5.74) is -0.256. The highest BCUT2D eigenvalue weighted by atomic mass is 16.5. The number of aliphatic hydroxyl groups excluding tert-OH is 1. The lowest BCUT2D eigenvalue weighted by molar-refractivity contribution is -0.113. The van der Waals surface area contributed by atoms with Crippen LogP contribution in [0.15, 0.2) is 34.8 Å². The minimum absolute atomic E-state index is 0.329. The van der Waals surface area contributed by atoms with Gasteiger partial charge in [0.1, 0.15) is 17.3 Å². The van der Waals surface area contributed by atoms with Crippen molar-refractivity contribution in [3.05, 3.63) is 34.6 Å². The minimum Gasteiger partial charge on any atom is -0.510 e. The van der Waals surface area contributed by atoms with Crippen LogP contribution < -0.4 is 14.8 Å². The van der Waals surface area contributed by atoms with Crippen molar-refractivity contribution in [3.63, 3.8) is 0 Å². The molecule has 0 atom stereocenters. The Balaban J connectivity index is 3.03. The molecule has 1 amide bonds. The molecule has 0 aliphatic heterocycles. The summed E-state index contributed by atoms with van der Waals surface area (Å²) in [7, 11) is 2.93. The van der Waals surface area contributed by atoms with Crippen LogP contribution in [0.1, 0.15) is 6.92 Å². The predicted molar refractivity (Wildman–Crippen MR) is 69.3 cm³/mol. The minimum atomic E-state index is -0.821. The number of allylic oxidation sites excluding steroid dienone is 1. The Bertz CT molecular complexity index is 521. The Morgan fingerprint density at radius 1 is 1.32 bits per heavy atom. The summed E-state index contributed by atoms with van der Waals surface area (Å²) >= 11 is 0. The lowest BCUT2D eigenvalue weighted by atomic mass is 10.2. The Labute approximate surface area is 109 Å². The molecule has 0 fully saturated rings. The monoisotopic (exact) mass is 266 g/mol. The summed E-state index contributed by atoms with van der Waals surface area (Å²) in [6, 6.07) is 4.73. The van der Waals surface area contributed by atoms with Crippen LogP contribution in [0.4, 0.5) is 5.69 Å². The standard InChI is InChI=1S/C12H14N2O5/c1-7(15)11(14-17)12(16)13-9-5-4-8(18-2)6-10(9)19-3/h4-6,15H,1-3H3,(H,13,16). The molecule has 1 rings (SSSR count). The molecule has 0 radical (unpaired) electrons. The van der Waals surface area contributed by atoms with Gasteiger partial charge in [-0.05, 0) is 24.2 Å². The molecule has 102 valence electrons. The van der Waals surface area contributed by atoms with Crippen molar-refractivity contribution >= 4 is 11.6 Å². The molecular formula is C12H14N2O5. The van der Waals surface area contributed by atoms with Crippen molar-refractivity contribution in [2.45, 2.75) is 6.92 Å². The summed E-state index contributed by atoms with van der Waals surface area (Å²) in [4.78, 5) is 22.2. The lowest BCUT2D eigenvalue weighted by Gasteiger charge is -2.11. The molecule has 7 heteroatoms. The zero-order valence-electron chi connectivity index (χ0n) is 10.8. The number of nitrogens with one attached hydrogen (secondary N) is 1. The molecule has 0 heterocycles. The van der Waals surface area contributed by atoms with Crippen LogP contribution >= 0.6 is 0 Å². The highest BCUT2D eigenvalue weighted by Gasteiger charge is 2.16. The van der Waals surface area contributed by atoms with Gasteiger partial charge in [0.15, 0.2) is 0 Å². The maximum atomic E-state index is 11.7. The van der Waals surface area contributed by atoms with E-state index in [9.17, 15) is 9.70 Å². The highest BCUT2D eigenvalue weighted by molar-refractivity contribution is 6.04. The number of hydrogen-bond donors (Lipinski definition) is 2. The van der Waals surface area contributed by atoms with Gasteiger partial charge < -0.3 is 19.9 Å². The summed E-state index contributed by atoms with van der Waals surface area (Å²) in [5.74, 6) is -0.371.